The Morgan fingerprint density at radius 2 is 2.23 bits per heavy atom. The van der Waals surface area contributed by atoms with Crippen LogP contribution in [0, 0.1) is 0 Å². The first kappa shape index (κ1) is 16.4. The lowest BCUT2D eigenvalue weighted by Crippen LogP contribution is -2.33. The van der Waals surface area contributed by atoms with Crippen LogP contribution in [0.25, 0.3) is 11.2 Å². The van der Waals surface area contributed by atoms with E-state index in [1.165, 1.54) is 0 Å². The fourth-order valence-electron chi connectivity index (χ4n) is 1.56. The van der Waals surface area contributed by atoms with E-state index in [0.29, 0.717) is 0 Å². The number of anilines is 1. The summed E-state index contributed by atoms with van der Waals surface area (Å²) in [5.74, 6) is -0.138. The van der Waals surface area contributed by atoms with Gasteiger partial charge in [-0.2, -0.15) is 9.71 Å². The van der Waals surface area contributed by atoms with Gasteiger partial charge >= 0.3 is 7.60 Å². The third-order valence-electron chi connectivity index (χ3n) is 2.42. The van der Waals surface area contributed by atoms with Gasteiger partial charge < -0.3 is 30.2 Å². The zero-order chi connectivity index (χ0) is 16.3. The van der Waals surface area contributed by atoms with Gasteiger partial charge in [0.25, 0.3) is 5.56 Å². The van der Waals surface area contributed by atoms with E-state index in [1.54, 1.807) is 0 Å². The van der Waals surface area contributed by atoms with Gasteiger partial charge in [-0.15, -0.1) is 0 Å². The van der Waals surface area contributed by atoms with Gasteiger partial charge in [0.15, 0.2) is 11.6 Å². The second kappa shape index (κ2) is 6.42. The molecule has 0 aliphatic carbocycles. The molecular formula is C9H14N5O7P. The number of aromatic nitrogens is 4. The lowest BCUT2D eigenvalue weighted by molar-refractivity contribution is -0.0396. The van der Waals surface area contributed by atoms with E-state index < -0.39 is 32.2 Å². The van der Waals surface area contributed by atoms with Crippen molar-refractivity contribution in [3.8, 4) is 0 Å². The third-order valence-corrected chi connectivity index (χ3v) is 2.94. The topological polar surface area (TPSA) is 186 Å². The van der Waals surface area contributed by atoms with Crippen LogP contribution in [0.1, 0.15) is 0 Å². The van der Waals surface area contributed by atoms with Gasteiger partial charge in [0.05, 0.1) is 13.2 Å². The second-order valence-electron chi connectivity index (χ2n) is 4.27. The summed E-state index contributed by atoms with van der Waals surface area (Å²) < 4.78 is 16.4. The monoisotopic (exact) mass is 335 g/mol. The molecule has 0 aliphatic rings. The highest BCUT2D eigenvalue weighted by Gasteiger charge is 2.18. The maximum atomic E-state index is 11.6. The highest BCUT2D eigenvalue weighted by Crippen LogP contribution is 2.33. The number of aliphatic hydroxyl groups excluding tert-OH is 1. The molecule has 2 heterocycles. The van der Waals surface area contributed by atoms with Crippen LogP contribution < -0.4 is 16.1 Å². The molecule has 0 fully saturated rings. The molecule has 2 rings (SSSR count). The van der Waals surface area contributed by atoms with Crippen LogP contribution in [0.15, 0.2) is 11.1 Å². The van der Waals surface area contributed by atoms with Crippen molar-refractivity contribution < 1.29 is 29.0 Å². The molecule has 0 radical (unpaired) electrons. The molecule has 1 unspecified atom stereocenters. The van der Waals surface area contributed by atoms with Crippen molar-refractivity contribution in [3.63, 3.8) is 0 Å². The predicted octanol–water partition coefficient (Wildman–Crippen LogP) is -2.36. The van der Waals surface area contributed by atoms with Gasteiger partial charge in [-0.05, 0) is 0 Å². The largest absolute Gasteiger partial charge is 0.403 e. The Morgan fingerprint density at radius 3 is 2.86 bits per heavy atom. The number of aliphatic hydroxyl groups is 1. The number of fused-ring (bicyclic) bond motifs is 1. The molecule has 1 atom stereocenters. The van der Waals surface area contributed by atoms with Crippen molar-refractivity contribution in [3.05, 3.63) is 16.7 Å². The van der Waals surface area contributed by atoms with E-state index in [4.69, 9.17) is 25.1 Å². The highest BCUT2D eigenvalue weighted by atomic mass is 31.2. The van der Waals surface area contributed by atoms with Crippen LogP contribution in [0.3, 0.4) is 0 Å². The summed E-state index contributed by atoms with van der Waals surface area (Å²) >= 11 is 0. The van der Waals surface area contributed by atoms with Crippen LogP contribution in [-0.4, -0.2) is 60.2 Å². The summed E-state index contributed by atoms with van der Waals surface area (Å²) in [7, 11) is -4.31. The van der Waals surface area contributed by atoms with Crippen molar-refractivity contribution in [2.45, 2.75) is 6.10 Å². The zero-order valence-electron chi connectivity index (χ0n) is 11.1. The molecule has 122 valence electrons. The van der Waals surface area contributed by atoms with Crippen LogP contribution in [0.2, 0.25) is 0 Å². The molecule has 6 N–H and O–H groups in total. The Labute approximate surface area is 122 Å². The Kier molecular flexibility index (Phi) is 4.78. The summed E-state index contributed by atoms with van der Waals surface area (Å²) in [6.45, 7) is -0.792. The number of ether oxygens (including phenoxy) is 1. The standard InChI is InChI=1S/C9H14N5O7P/c10-9-12-7-6(8(16)13-9)11-3-14(7)21-5(1-15)2-20-4-22(17,18)19/h3,5,15H,1-2,4H2,(H2,17,18,19)(H3,10,12,13,16). The van der Waals surface area contributed by atoms with Gasteiger partial charge in [0.2, 0.25) is 11.6 Å². The molecular weight excluding hydrogens is 321 g/mol. The van der Waals surface area contributed by atoms with Crippen molar-refractivity contribution >= 4 is 24.7 Å². The Bertz CT molecular complexity index is 752. The fourth-order valence-corrected chi connectivity index (χ4v) is 1.91. The molecule has 0 aliphatic heterocycles. The lowest BCUT2D eigenvalue weighted by Gasteiger charge is -2.17. The minimum atomic E-state index is -4.31. The van der Waals surface area contributed by atoms with E-state index in [9.17, 15) is 14.5 Å². The number of nitrogens with one attached hydrogen (secondary N) is 1. The minimum absolute atomic E-state index is 0.0120. The van der Waals surface area contributed by atoms with Crippen LogP contribution in [-0.2, 0) is 9.30 Å². The quantitative estimate of drug-likeness (QED) is 0.343. The Hall–Kier alpha value is -1.98. The highest BCUT2D eigenvalue weighted by molar-refractivity contribution is 7.51. The Balaban J connectivity index is 2.11. The van der Waals surface area contributed by atoms with Crippen LogP contribution >= 0.6 is 7.60 Å². The minimum Gasteiger partial charge on any atom is -0.403 e. The first-order valence-electron chi connectivity index (χ1n) is 5.93. The first-order chi connectivity index (χ1) is 10.3. The van der Waals surface area contributed by atoms with Crippen LogP contribution in [0.5, 0.6) is 0 Å². The number of nitrogen functional groups attached to an aromatic ring is 1. The molecule has 2 aromatic rings. The average Bonchev–Trinajstić information content (AvgIpc) is 2.79. The fraction of sp³-hybridized carbons (Fsp3) is 0.444. The van der Waals surface area contributed by atoms with E-state index in [0.717, 1.165) is 11.1 Å². The van der Waals surface area contributed by atoms with Gasteiger partial charge in [0, 0.05) is 0 Å². The molecule has 0 saturated carbocycles. The number of hydrogen-bond acceptors (Lipinski definition) is 8. The molecule has 0 amide bonds. The number of nitrogens with zero attached hydrogens (tertiary/aromatic N) is 3. The average molecular weight is 335 g/mol. The number of nitrogens with two attached hydrogens (primary N) is 1. The molecule has 0 bridgehead atoms. The number of imidazole rings is 1. The molecule has 13 heteroatoms. The number of aromatic amines is 1. The molecule has 22 heavy (non-hydrogen) atoms. The van der Waals surface area contributed by atoms with Crippen molar-refractivity contribution in [1.29, 1.82) is 0 Å². The summed E-state index contributed by atoms with van der Waals surface area (Å²) in [5.41, 5.74) is 4.89. The van der Waals surface area contributed by atoms with E-state index in [2.05, 4.69) is 15.0 Å². The van der Waals surface area contributed by atoms with E-state index in [-0.39, 0.29) is 23.7 Å². The summed E-state index contributed by atoms with van der Waals surface area (Å²) in [6.07, 6.45) is -0.605. The molecule has 0 spiro atoms. The molecule has 12 nitrogen and oxygen atoms in total. The number of hydrogen-bond donors (Lipinski definition) is 5. The van der Waals surface area contributed by atoms with Crippen LogP contribution in [0.4, 0.5) is 5.95 Å². The Morgan fingerprint density at radius 1 is 1.50 bits per heavy atom. The van der Waals surface area contributed by atoms with Gasteiger partial charge in [0.1, 0.15) is 12.7 Å². The van der Waals surface area contributed by atoms with E-state index in [1.807, 2.05) is 0 Å². The maximum Gasteiger partial charge on any atom is 0.350 e. The number of rotatable bonds is 7. The number of H-pyrrole nitrogens is 1. The smallest absolute Gasteiger partial charge is 0.350 e. The predicted molar refractivity (Wildman–Crippen MR) is 72.9 cm³/mol. The van der Waals surface area contributed by atoms with E-state index >= 15 is 0 Å². The third kappa shape index (κ3) is 4.02. The summed E-state index contributed by atoms with van der Waals surface area (Å²) in [4.78, 5) is 44.1. The summed E-state index contributed by atoms with van der Waals surface area (Å²) in [6, 6.07) is 0. The van der Waals surface area contributed by atoms with Crippen molar-refractivity contribution in [2.24, 2.45) is 0 Å². The van der Waals surface area contributed by atoms with Gasteiger partial charge in [-0.1, -0.05) is 0 Å². The molecule has 0 saturated heterocycles. The van der Waals surface area contributed by atoms with Crippen molar-refractivity contribution in [2.75, 3.05) is 25.3 Å². The first-order valence-corrected chi connectivity index (χ1v) is 7.73. The lowest BCUT2D eigenvalue weighted by atomic mass is 10.4. The van der Waals surface area contributed by atoms with Gasteiger partial charge in [-0.25, -0.2) is 4.98 Å². The molecule has 0 aromatic carbocycles. The van der Waals surface area contributed by atoms with Crippen molar-refractivity contribution in [1.82, 2.24) is 19.7 Å². The summed E-state index contributed by atoms with van der Waals surface area (Å²) in [5, 5.41) is 9.19. The molecule has 2 aromatic heterocycles. The second-order valence-corrected chi connectivity index (χ2v) is 5.86. The zero-order valence-corrected chi connectivity index (χ0v) is 12.0. The SMILES string of the molecule is Nc1nc2c(ncn2OC(CO)COCP(=O)(O)O)c(=O)[nH]1. The maximum absolute atomic E-state index is 11.6. The van der Waals surface area contributed by atoms with Gasteiger partial charge in [-0.3, -0.25) is 14.3 Å². The normalized spacial score (nSPS) is 13.4.